The lowest BCUT2D eigenvalue weighted by Crippen LogP contribution is -2.78. The van der Waals surface area contributed by atoms with Crippen LogP contribution in [-0.4, -0.2) is 18.0 Å². The van der Waals surface area contributed by atoms with E-state index in [1.165, 1.54) is 79.9 Å². The van der Waals surface area contributed by atoms with Crippen LogP contribution in [0.2, 0.25) is 0 Å². The Bertz CT molecular complexity index is 3710. The molecule has 11 aromatic rings. The van der Waals surface area contributed by atoms with Gasteiger partial charge >= 0.3 is 0 Å². The Morgan fingerprint density at radius 2 is 0.685 bits per heavy atom. The maximum Gasteiger partial charge on any atom is 0.188 e. The zero-order chi connectivity index (χ0) is 49.1. The third-order valence-corrected chi connectivity index (χ3v) is 22.5. The van der Waals surface area contributed by atoms with Crippen LogP contribution in [0.15, 0.2) is 269 Å². The summed E-state index contributed by atoms with van der Waals surface area (Å²) in [6.45, 7) is 6.98. The van der Waals surface area contributed by atoms with Gasteiger partial charge in [0, 0.05) is 31.6 Å². The Morgan fingerprint density at radius 3 is 1.07 bits per heavy atom. The first-order valence-electron chi connectivity index (χ1n) is 25.1. The van der Waals surface area contributed by atoms with Crippen LogP contribution in [0, 0.1) is 0 Å². The van der Waals surface area contributed by atoms with Crippen LogP contribution in [0.4, 0.5) is 0 Å². The van der Waals surface area contributed by atoms with Gasteiger partial charge in [-0.25, -0.2) is 9.97 Å². The zero-order valence-corrected chi connectivity index (χ0v) is 43.5. The molecule has 1 spiro atoms. The number of rotatable bonds is 7. The molecule has 0 saturated carbocycles. The summed E-state index contributed by atoms with van der Waals surface area (Å²) in [5, 5.41) is 6.54. The van der Waals surface area contributed by atoms with Crippen LogP contribution < -0.4 is 20.7 Å². The van der Waals surface area contributed by atoms with E-state index in [1.807, 2.05) is 11.8 Å². The van der Waals surface area contributed by atoms with Crippen molar-refractivity contribution >= 4 is 52.3 Å². The molecule has 0 amide bonds. The molecule has 3 heterocycles. The minimum absolute atomic E-state index is 0.285. The predicted octanol–water partition coefficient (Wildman–Crippen LogP) is 15.7. The molecule has 2 nitrogen and oxygen atoms in total. The van der Waals surface area contributed by atoms with Crippen LogP contribution in [-0.2, 0) is 5.41 Å². The maximum absolute atomic E-state index is 5.72. The van der Waals surface area contributed by atoms with Crippen molar-refractivity contribution in [1.29, 1.82) is 0 Å². The van der Waals surface area contributed by atoms with Gasteiger partial charge in [-0.2, -0.15) is 0 Å². The highest BCUT2D eigenvalue weighted by molar-refractivity contribution is 8.01. The van der Waals surface area contributed by atoms with Gasteiger partial charge < -0.3 is 0 Å². The molecule has 348 valence electrons. The topological polar surface area (TPSA) is 25.8 Å². The zero-order valence-electron chi connectivity index (χ0n) is 40.9. The standard InChI is InChI=1S/C68H50N2S2Si/c1-68(2,3)52-43-50(41-42-51(52)66-69-44-59-67(70-66)72-55-37-21-24-40-58(55)73(59)56-38-22-19-35-53(56)71-54-36-20-23-39-57(54)73)65-63(48-31-15-7-16-32-48)61(46-27-11-5-12-28-46)60(45-25-9-4-10-26-45)62(47-29-13-6-14-30-47)64(65)49-33-17-8-18-34-49/h4-44H,1-3H3. The number of nitrogens with zero attached hydrogens (tertiary/aromatic N) is 2. The van der Waals surface area contributed by atoms with E-state index in [-0.39, 0.29) is 5.41 Å². The minimum Gasteiger partial charge on any atom is -0.237 e. The van der Waals surface area contributed by atoms with Gasteiger partial charge in [-0.1, -0.05) is 263 Å². The summed E-state index contributed by atoms with van der Waals surface area (Å²) in [6, 6.07) is 89.4. The fourth-order valence-electron chi connectivity index (χ4n) is 11.5. The third-order valence-electron chi connectivity index (χ3n) is 14.6. The van der Waals surface area contributed by atoms with E-state index in [0.29, 0.717) is 0 Å². The van der Waals surface area contributed by atoms with Gasteiger partial charge in [-0.15, -0.1) is 0 Å². The molecular formula is C68H50N2S2Si. The number of hydrogen-bond acceptors (Lipinski definition) is 4. The third kappa shape index (κ3) is 7.56. The van der Waals surface area contributed by atoms with Crippen molar-refractivity contribution in [2.45, 2.75) is 45.9 Å². The summed E-state index contributed by atoms with van der Waals surface area (Å²) in [4.78, 5) is 15.1. The average Bonchev–Trinajstić information content (AvgIpc) is 3.45. The van der Waals surface area contributed by atoms with Crippen LogP contribution in [0.1, 0.15) is 26.3 Å². The van der Waals surface area contributed by atoms with Crippen LogP contribution in [0.5, 0.6) is 0 Å². The normalized spacial score (nSPS) is 13.1. The fraction of sp³-hybridized carbons (Fsp3) is 0.0588. The molecule has 0 atom stereocenters. The van der Waals surface area contributed by atoms with Crippen molar-refractivity contribution in [2.75, 3.05) is 0 Å². The van der Waals surface area contributed by atoms with Crippen molar-refractivity contribution in [1.82, 2.24) is 9.97 Å². The van der Waals surface area contributed by atoms with Crippen LogP contribution >= 0.6 is 23.5 Å². The molecule has 2 aliphatic heterocycles. The SMILES string of the molecule is CC(C)(C)c1cc(-c2c(-c3ccccc3)c(-c3ccccc3)c(-c3ccccc3)c(-c3ccccc3)c2-c2ccccc2)ccc1-c1ncc2c(n1)Sc1ccccc1[Si]21c2ccccc2Sc2ccccc21. The molecule has 0 fully saturated rings. The quantitative estimate of drug-likeness (QED) is 0.117. The molecular weight excluding hydrogens is 937 g/mol. The predicted molar refractivity (Wildman–Crippen MR) is 311 cm³/mol. The summed E-state index contributed by atoms with van der Waals surface area (Å²) in [5.74, 6) is 0.749. The first kappa shape index (κ1) is 45.1. The molecule has 73 heavy (non-hydrogen) atoms. The van der Waals surface area contributed by atoms with E-state index in [2.05, 4.69) is 270 Å². The van der Waals surface area contributed by atoms with E-state index < -0.39 is 8.07 Å². The molecule has 0 bridgehead atoms. The maximum atomic E-state index is 5.72. The van der Waals surface area contributed by atoms with Crippen LogP contribution in [0.25, 0.3) is 78.1 Å². The van der Waals surface area contributed by atoms with E-state index in [0.717, 1.165) is 44.2 Å². The van der Waals surface area contributed by atoms with Crippen molar-refractivity contribution in [3.8, 4) is 78.1 Å². The van der Waals surface area contributed by atoms with Gasteiger partial charge in [0.25, 0.3) is 0 Å². The van der Waals surface area contributed by atoms with Crippen molar-refractivity contribution in [3.05, 3.63) is 254 Å². The summed E-state index contributed by atoms with van der Waals surface area (Å²) >= 11 is 3.68. The number of aromatic nitrogens is 2. The molecule has 0 N–H and O–H groups in total. The molecule has 0 radical (unpaired) electrons. The molecule has 0 saturated heterocycles. The Kier molecular flexibility index (Phi) is 11.3. The highest BCUT2D eigenvalue weighted by atomic mass is 32.2. The van der Waals surface area contributed by atoms with Gasteiger partial charge in [0.1, 0.15) is 5.03 Å². The number of fused-ring (bicyclic) bond motifs is 8. The highest BCUT2D eigenvalue weighted by Gasteiger charge is 2.52. The van der Waals surface area contributed by atoms with E-state index in [1.54, 1.807) is 11.8 Å². The Labute approximate surface area is 438 Å². The van der Waals surface area contributed by atoms with E-state index in [9.17, 15) is 0 Å². The van der Waals surface area contributed by atoms with Crippen molar-refractivity contribution < 1.29 is 0 Å². The second kappa shape index (κ2) is 18.4. The minimum atomic E-state index is -2.82. The lowest BCUT2D eigenvalue weighted by Gasteiger charge is -2.43. The molecule has 0 unspecified atom stereocenters. The Balaban J connectivity index is 1.11. The summed E-state index contributed by atoms with van der Waals surface area (Å²) in [5.41, 5.74) is 16.1. The lowest BCUT2D eigenvalue weighted by atomic mass is 9.73. The van der Waals surface area contributed by atoms with Gasteiger partial charge in [0.15, 0.2) is 13.9 Å². The second-order valence-electron chi connectivity index (χ2n) is 19.9. The Morgan fingerprint density at radius 1 is 0.342 bits per heavy atom. The Hall–Kier alpha value is -7.80. The van der Waals surface area contributed by atoms with E-state index >= 15 is 0 Å². The molecule has 1 aromatic heterocycles. The lowest BCUT2D eigenvalue weighted by molar-refractivity contribution is 0.591. The molecule has 2 aliphatic rings. The van der Waals surface area contributed by atoms with Gasteiger partial charge in [-0.3, -0.25) is 0 Å². The van der Waals surface area contributed by atoms with Crippen LogP contribution in [0.3, 0.4) is 0 Å². The van der Waals surface area contributed by atoms with Crippen molar-refractivity contribution in [2.24, 2.45) is 0 Å². The number of hydrogen-bond donors (Lipinski definition) is 0. The first-order valence-corrected chi connectivity index (χ1v) is 28.7. The average molecular weight is 987 g/mol. The smallest absolute Gasteiger partial charge is 0.188 e. The molecule has 10 aromatic carbocycles. The van der Waals surface area contributed by atoms with Gasteiger partial charge in [0.05, 0.1) is 0 Å². The summed E-state index contributed by atoms with van der Waals surface area (Å²) in [7, 11) is -2.82. The second-order valence-corrected chi connectivity index (χ2v) is 25.7. The monoisotopic (exact) mass is 986 g/mol. The molecule has 5 heteroatoms. The highest BCUT2D eigenvalue weighted by Crippen LogP contribution is 2.56. The molecule has 0 aliphatic carbocycles. The first-order chi connectivity index (χ1) is 35.9. The number of benzene rings is 10. The summed E-state index contributed by atoms with van der Waals surface area (Å²) in [6.07, 6.45) is 2.21. The molecule has 13 rings (SSSR count). The fourth-order valence-corrected chi connectivity index (χ4v) is 20.5. The largest absolute Gasteiger partial charge is 0.237 e. The summed E-state index contributed by atoms with van der Waals surface area (Å²) < 4.78 is 0. The van der Waals surface area contributed by atoms with Crippen molar-refractivity contribution in [3.63, 3.8) is 0 Å². The van der Waals surface area contributed by atoms with E-state index in [4.69, 9.17) is 9.97 Å². The van der Waals surface area contributed by atoms with Gasteiger partial charge in [-0.05, 0) is 118 Å². The van der Waals surface area contributed by atoms with Gasteiger partial charge in [0.2, 0.25) is 0 Å².